The van der Waals surface area contributed by atoms with Crippen molar-refractivity contribution in [3.63, 3.8) is 0 Å². The molecule has 2 rings (SSSR count). The first-order chi connectivity index (χ1) is 7.34. The summed E-state index contributed by atoms with van der Waals surface area (Å²) in [5, 5.41) is 0. The standard InChI is InChI=1S/C14H15N/c1-13-7-5-6-10-15(11-13)12-14-8-3-2-4-9-14/h2-11H,12H2,1H3. The highest BCUT2D eigenvalue weighted by atomic mass is 15.1. The lowest BCUT2D eigenvalue weighted by Crippen LogP contribution is -2.08. The average molecular weight is 197 g/mol. The average Bonchev–Trinajstić information content (AvgIpc) is 2.44. The summed E-state index contributed by atoms with van der Waals surface area (Å²) in [7, 11) is 0. The minimum Gasteiger partial charge on any atom is -0.350 e. The summed E-state index contributed by atoms with van der Waals surface area (Å²) < 4.78 is 0. The summed E-state index contributed by atoms with van der Waals surface area (Å²) in [5.41, 5.74) is 2.60. The molecule has 0 aromatic heterocycles. The molecule has 0 atom stereocenters. The zero-order valence-electron chi connectivity index (χ0n) is 8.93. The van der Waals surface area contributed by atoms with Crippen molar-refractivity contribution >= 4 is 0 Å². The van der Waals surface area contributed by atoms with Crippen LogP contribution >= 0.6 is 0 Å². The Balaban J connectivity index is 2.10. The number of hydrogen-bond donors (Lipinski definition) is 0. The highest BCUT2D eigenvalue weighted by Gasteiger charge is 1.99. The van der Waals surface area contributed by atoms with Crippen LogP contribution in [-0.4, -0.2) is 4.90 Å². The van der Waals surface area contributed by atoms with Gasteiger partial charge in [-0.1, -0.05) is 42.5 Å². The van der Waals surface area contributed by atoms with Crippen LogP contribution in [0.15, 0.2) is 66.5 Å². The highest BCUT2D eigenvalue weighted by Crippen LogP contribution is 2.10. The molecular weight excluding hydrogens is 182 g/mol. The molecular formula is C14H15N. The second kappa shape index (κ2) is 4.65. The van der Waals surface area contributed by atoms with Crippen molar-refractivity contribution in [2.24, 2.45) is 0 Å². The Morgan fingerprint density at radius 1 is 1.07 bits per heavy atom. The molecule has 1 aromatic carbocycles. The molecule has 1 aromatic rings. The molecule has 0 radical (unpaired) electrons. The first-order valence-electron chi connectivity index (χ1n) is 5.17. The van der Waals surface area contributed by atoms with Crippen LogP contribution in [0.25, 0.3) is 0 Å². The topological polar surface area (TPSA) is 3.24 Å². The molecule has 0 fully saturated rings. The maximum atomic E-state index is 2.20. The first kappa shape index (κ1) is 9.78. The maximum absolute atomic E-state index is 2.20. The Labute approximate surface area is 91.0 Å². The molecule has 0 N–H and O–H groups in total. The van der Waals surface area contributed by atoms with E-state index >= 15 is 0 Å². The molecule has 1 aliphatic rings. The van der Waals surface area contributed by atoms with E-state index in [9.17, 15) is 0 Å². The van der Waals surface area contributed by atoms with Gasteiger partial charge in [-0.25, -0.2) is 0 Å². The summed E-state index contributed by atoms with van der Waals surface area (Å²) in [6.07, 6.45) is 10.5. The van der Waals surface area contributed by atoms with Crippen molar-refractivity contribution in [2.75, 3.05) is 0 Å². The van der Waals surface area contributed by atoms with Gasteiger partial charge in [0, 0.05) is 18.9 Å². The third-order valence-electron chi connectivity index (χ3n) is 2.33. The summed E-state index contributed by atoms with van der Waals surface area (Å²) >= 11 is 0. The fourth-order valence-electron chi connectivity index (χ4n) is 1.61. The smallest absolute Gasteiger partial charge is 0.0470 e. The molecule has 1 nitrogen and oxygen atoms in total. The molecule has 1 aliphatic heterocycles. The van der Waals surface area contributed by atoms with Gasteiger partial charge >= 0.3 is 0 Å². The monoisotopic (exact) mass is 197 g/mol. The van der Waals surface area contributed by atoms with Crippen molar-refractivity contribution in [1.82, 2.24) is 4.90 Å². The molecule has 0 amide bonds. The van der Waals surface area contributed by atoms with Gasteiger partial charge in [-0.2, -0.15) is 0 Å². The van der Waals surface area contributed by atoms with E-state index in [0.29, 0.717) is 0 Å². The minimum absolute atomic E-state index is 0.927. The lowest BCUT2D eigenvalue weighted by molar-refractivity contribution is 0.499. The van der Waals surface area contributed by atoms with E-state index in [1.165, 1.54) is 11.1 Å². The maximum Gasteiger partial charge on any atom is 0.0470 e. The second-order valence-electron chi connectivity index (χ2n) is 3.73. The molecule has 0 spiro atoms. The van der Waals surface area contributed by atoms with Gasteiger partial charge in [-0.05, 0) is 24.1 Å². The quantitative estimate of drug-likeness (QED) is 0.701. The lowest BCUT2D eigenvalue weighted by Gasteiger charge is -2.15. The van der Waals surface area contributed by atoms with Gasteiger partial charge in [0.2, 0.25) is 0 Å². The van der Waals surface area contributed by atoms with E-state index in [1.807, 2.05) is 6.07 Å². The van der Waals surface area contributed by atoms with Crippen molar-refractivity contribution in [2.45, 2.75) is 13.5 Å². The van der Waals surface area contributed by atoms with Gasteiger partial charge in [0.25, 0.3) is 0 Å². The van der Waals surface area contributed by atoms with E-state index in [4.69, 9.17) is 0 Å². The molecule has 0 saturated carbocycles. The van der Waals surface area contributed by atoms with E-state index in [-0.39, 0.29) is 0 Å². The summed E-state index contributed by atoms with van der Waals surface area (Å²) in [6, 6.07) is 10.5. The normalized spacial score (nSPS) is 15.0. The number of rotatable bonds is 2. The van der Waals surface area contributed by atoms with Crippen LogP contribution in [0.1, 0.15) is 12.5 Å². The zero-order valence-corrected chi connectivity index (χ0v) is 8.93. The molecule has 0 unspecified atom stereocenters. The fraction of sp³-hybridized carbons (Fsp3) is 0.143. The van der Waals surface area contributed by atoms with Gasteiger partial charge in [-0.3, -0.25) is 0 Å². The van der Waals surface area contributed by atoms with Gasteiger partial charge in [0.15, 0.2) is 0 Å². The number of allylic oxidation sites excluding steroid dienone is 4. The predicted molar refractivity (Wildman–Crippen MR) is 64.0 cm³/mol. The Morgan fingerprint density at radius 3 is 2.67 bits per heavy atom. The molecule has 0 saturated heterocycles. The van der Waals surface area contributed by atoms with Gasteiger partial charge in [0.1, 0.15) is 0 Å². The second-order valence-corrected chi connectivity index (χ2v) is 3.73. The van der Waals surface area contributed by atoms with Crippen LogP contribution in [0.3, 0.4) is 0 Å². The minimum atomic E-state index is 0.927. The number of hydrogen-bond acceptors (Lipinski definition) is 1. The van der Waals surface area contributed by atoms with Crippen LogP contribution < -0.4 is 0 Å². The summed E-state index contributed by atoms with van der Waals surface area (Å²) in [5.74, 6) is 0. The van der Waals surface area contributed by atoms with Crippen LogP contribution in [-0.2, 0) is 6.54 Å². The Hall–Kier alpha value is -1.76. The third kappa shape index (κ3) is 2.84. The van der Waals surface area contributed by atoms with E-state index in [2.05, 4.69) is 66.7 Å². The summed E-state index contributed by atoms with van der Waals surface area (Å²) in [4.78, 5) is 2.20. The Kier molecular flexibility index (Phi) is 3.03. The predicted octanol–water partition coefficient (Wildman–Crippen LogP) is 3.48. The number of nitrogens with zero attached hydrogens (tertiary/aromatic N) is 1. The first-order valence-corrected chi connectivity index (χ1v) is 5.17. The van der Waals surface area contributed by atoms with Gasteiger partial charge < -0.3 is 4.90 Å². The largest absolute Gasteiger partial charge is 0.350 e. The highest BCUT2D eigenvalue weighted by molar-refractivity contribution is 5.24. The molecule has 0 aliphatic carbocycles. The lowest BCUT2D eigenvalue weighted by atomic mass is 10.2. The Bertz CT molecular complexity index is 399. The molecule has 76 valence electrons. The van der Waals surface area contributed by atoms with Crippen LogP contribution in [0.2, 0.25) is 0 Å². The van der Waals surface area contributed by atoms with Crippen LogP contribution in [0.5, 0.6) is 0 Å². The molecule has 0 bridgehead atoms. The van der Waals surface area contributed by atoms with Crippen molar-refractivity contribution < 1.29 is 0 Å². The molecule has 15 heavy (non-hydrogen) atoms. The summed E-state index contributed by atoms with van der Waals surface area (Å²) in [6.45, 7) is 3.04. The van der Waals surface area contributed by atoms with Gasteiger partial charge in [0.05, 0.1) is 0 Å². The van der Waals surface area contributed by atoms with Crippen molar-refractivity contribution in [1.29, 1.82) is 0 Å². The zero-order chi connectivity index (χ0) is 10.5. The van der Waals surface area contributed by atoms with Crippen LogP contribution in [0.4, 0.5) is 0 Å². The Morgan fingerprint density at radius 2 is 1.87 bits per heavy atom. The van der Waals surface area contributed by atoms with Crippen molar-refractivity contribution in [3.05, 3.63) is 72.1 Å². The SMILES string of the molecule is CC1=CN(Cc2ccccc2)C=CC=C1. The van der Waals surface area contributed by atoms with Crippen molar-refractivity contribution in [3.8, 4) is 0 Å². The fourth-order valence-corrected chi connectivity index (χ4v) is 1.61. The molecule has 1 heteroatoms. The van der Waals surface area contributed by atoms with Crippen LogP contribution in [0, 0.1) is 0 Å². The number of benzene rings is 1. The third-order valence-corrected chi connectivity index (χ3v) is 2.33. The van der Waals surface area contributed by atoms with E-state index in [1.54, 1.807) is 0 Å². The van der Waals surface area contributed by atoms with E-state index in [0.717, 1.165) is 6.54 Å². The van der Waals surface area contributed by atoms with Gasteiger partial charge in [-0.15, -0.1) is 0 Å². The van der Waals surface area contributed by atoms with E-state index < -0.39 is 0 Å². The molecule has 1 heterocycles.